The van der Waals surface area contributed by atoms with E-state index in [-0.39, 0.29) is 17.9 Å². The van der Waals surface area contributed by atoms with E-state index in [1.54, 1.807) is 31.4 Å². The number of hydrogen-bond acceptors (Lipinski definition) is 4. The molecule has 6 nitrogen and oxygen atoms in total. The van der Waals surface area contributed by atoms with Crippen LogP contribution in [0, 0.1) is 0 Å². The van der Waals surface area contributed by atoms with E-state index < -0.39 is 0 Å². The summed E-state index contributed by atoms with van der Waals surface area (Å²) in [5.74, 6) is -0.152. The molecule has 30 heavy (non-hydrogen) atoms. The molecule has 7 heteroatoms. The second-order valence-corrected chi connectivity index (χ2v) is 7.80. The highest BCUT2D eigenvalue weighted by atomic mass is 35.5. The van der Waals surface area contributed by atoms with Crippen LogP contribution in [0.3, 0.4) is 0 Å². The van der Waals surface area contributed by atoms with E-state index in [4.69, 9.17) is 16.3 Å². The Morgan fingerprint density at radius 2 is 1.77 bits per heavy atom. The molecule has 0 bridgehead atoms. The molecule has 2 N–H and O–H groups in total. The second-order valence-electron chi connectivity index (χ2n) is 7.36. The van der Waals surface area contributed by atoms with Crippen molar-refractivity contribution < 1.29 is 14.3 Å². The van der Waals surface area contributed by atoms with Gasteiger partial charge >= 0.3 is 0 Å². The Morgan fingerprint density at radius 3 is 2.47 bits per heavy atom. The third-order valence-corrected chi connectivity index (χ3v) is 5.49. The lowest BCUT2D eigenvalue weighted by atomic mass is 10.0. The Kier molecular flexibility index (Phi) is 8.11. The fourth-order valence-corrected chi connectivity index (χ4v) is 3.72. The van der Waals surface area contributed by atoms with E-state index in [2.05, 4.69) is 15.5 Å². The van der Waals surface area contributed by atoms with Crippen LogP contribution < -0.4 is 15.5 Å². The van der Waals surface area contributed by atoms with Gasteiger partial charge in [0.25, 0.3) is 11.8 Å². The van der Waals surface area contributed by atoms with Crippen molar-refractivity contribution in [3.63, 3.8) is 0 Å². The molecule has 2 amide bonds. The van der Waals surface area contributed by atoms with Crippen LogP contribution in [0.2, 0.25) is 5.02 Å². The summed E-state index contributed by atoms with van der Waals surface area (Å²) in [5.41, 5.74) is 2.22. The standard InChI is InChI=1S/C23H28ClN3O3/c1-30-16-4-13-25-23(29)20-5-2-3-6-21(20)27-14-11-19(12-15-27)26-22(28)17-7-9-18(24)10-8-17/h2-3,5-10,19H,4,11-16H2,1H3,(H,25,29)(H,26,28). The first-order valence-corrected chi connectivity index (χ1v) is 10.6. The molecular weight excluding hydrogens is 402 g/mol. The summed E-state index contributed by atoms with van der Waals surface area (Å²) in [5, 5.41) is 6.67. The van der Waals surface area contributed by atoms with Gasteiger partial charge in [0, 0.05) is 55.7 Å². The molecule has 1 heterocycles. The molecule has 0 unspecified atom stereocenters. The first kappa shape index (κ1) is 22.1. The Balaban J connectivity index is 1.55. The number of hydrogen-bond donors (Lipinski definition) is 2. The maximum absolute atomic E-state index is 12.6. The maximum atomic E-state index is 12.6. The topological polar surface area (TPSA) is 70.7 Å². The summed E-state index contributed by atoms with van der Waals surface area (Å²) < 4.78 is 5.02. The monoisotopic (exact) mass is 429 g/mol. The molecule has 0 aliphatic carbocycles. The van der Waals surface area contributed by atoms with Gasteiger partial charge in [0.15, 0.2) is 0 Å². The van der Waals surface area contributed by atoms with Gasteiger partial charge < -0.3 is 20.3 Å². The number of anilines is 1. The Hall–Kier alpha value is -2.57. The maximum Gasteiger partial charge on any atom is 0.253 e. The largest absolute Gasteiger partial charge is 0.385 e. The zero-order valence-electron chi connectivity index (χ0n) is 17.2. The Labute approximate surface area is 182 Å². The Morgan fingerprint density at radius 1 is 1.07 bits per heavy atom. The first-order valence-electron chi connectivity index (χ1n) is 10.3. The van der Waals surface area contributed by atoms with Crippen LogP contribution in [0.15, 0.2) is 48.5 Å². The molecule has 0 spiro atoms. The van der Waals surface area contributed by atoms with Crippen molar-refractivity contribution >= 4 is 29.1 Å². The number of piperidine rings is 1. The number of rotatable bonds is 8. The highest BCUT2D eigenvalue weighted by molar-refractivity contribution is 6.30. The normalized spacial score (nSPS) is 14.4. The molecule has 3 rings (SSSR count). The molecule has 160 valence electrons. The van der Waals surface area contributed by atoms with Gasteiger partial charge in [-0.25, -0.2) is 0 Å². The Bertz CT molecular complexity index is 849. The molecular formula is C23H28ClN3O3. The lowest BCUT2D eigenvalue weighted by Crippen LogP contribution is -2.45. The smallest absolute Gasteiger partial charge is 0.253 e. The third-order valence-electron chi connectivity index (χ3n) is 5.24. The van der Waals surface area contributed by atoms with E-state index in [0.717, 1.165) is 38.0 Å². The molecule has 1 fully saturated rings. The summed E-state index contributed by atoms with van der Waals surface area (Å²) in [4.78, 5) is 27.3. The van der Waals surface area contributed by atoms with Gasteiger partial charge in [0.05, 0.1) is 5.56 Å². The zero-order valence-corrected chi connectivity index (χ0v) is 18.0. The fraction of sp³-hybridized carbons (Fsp3) is 0.391. The molecule has 0 aromatic heterocycles. The fourth-order valence-electron chi connectivity index (χ4n) is 3.59. The van der Waals surface area contributed by atoms with Crippen molar-refractivity contribution in [2.24, 2.45) is 0 Å². The van der Waals surface area contributed by atoms with Crippen molar-refractivity contribution in [2.75, 3.05) is 38.3 Å². The van der Waals surface area contributed by atoms with Gasteiger partial charge in [-0.15, -0.1) is 0 Å². The predicted molar refractivity (Wildman–Crippen MR) is 119 cm³/mol. The van der Waals surface area contributed by atoms with Crippen LogP contribution in [0.25, 0.3) is 0 Å². The highest BCUT2D eigenvalue weighted by Crippen LogP contribution is 2.24. The summed E-state index contributed by atoms with van der Waals surface area (Å²) >= 11 is 5.89. The first-order chi connectivity index (χ1) is 14.6. The summed E-state index contributed by atoms with van der Waals surface area (Å²) in [6.07, 6.45) is 2.43. The molecule has 2 aromatic rings. The number of nitrogens with zero attached hydrogens (tertiary/aromatic N) is 1. The average molecular weight is 430 g/mol. The lowest BCUT2D eigenvalue weighted by molar-refractivity contribution is 0.0929. The lowest BCUT2D eigenvalue weighted by Gasteiger charge is -2.35. The van der Waals surface area contributed by atoms with Crippen LogP contribution in [-0.4, -0.2) is 51.2 Å². The molecule has 0 radical (unpaired) electrons. The van der Waals surface area contributed by atoms with Crippen LogP contribution in [0.5, 0.6) is 0 Å². The van der Waals surface area contributed by atoms with E-state index >= 15 is 0 Å². The van der Waals surface area contributed by atoms with Gasteiger partial charge in [0.1, 0.15) is 0 Å². The summed E-state index contributed by atoms with van der Waals surface area (Å²) in [7, 11) is 1.65. The molecule has 0 saturated carbocycles. The van der Waals surface area contributed by atoms with Gasteiger partial charge in [-0.05, 0) is 55.7 Å². The molecule has 1 aliphatic heterocycles. The number of para-hydroxylation sites is 1. The van der Waals surface area contributed by atoms with Crippen molar-refractivity contribution in [1.29, 1.82) is 0 Å². The number of nitrogens with one attached hydrogen (secondary N) is 2. The number of halogens is 1. The second kappa shape index (κ2) is 11.0. The molecule has 1 saturated heterocycles. The average Bonchev–Trinajstić information content (AvgIpc) is 2.77. The SMILES string of the molecule is COCCCNC(=O)c1ccccc1N1CCC(NC(=O)c2ccc(Cl)cc2)CC1. The van der Waals surface area contributed by atoms with Crippen molar-refractivity contribution in [1.82, 2.24) is 10.6 Å². The van der Waals surface area contributed by atoms with Gasteiger partial charge in [-0.1, -0.05) is 23.7 Å². The highest BCUT2D eigenvalue weighted by Gasteiger charge is 2.24. The van der Waals surface area contributed by atoms with Crippen LogP contribution >= 0.6 is 11.6 Å². The van der Waals surface area contributed by atoms with Crippen LogP contribution in [-0.2, 0) is 4.74 Å². The number of methoxy groups -OCH3 is 1. The van der Waals surface area contributed by atoms with Crippen molar-refractivity contribution in [3.8, 4) is 0 Å². The summed E-state index contributed by atoms with van der Waals surface area (Å²) in [6.45, 7) is 2.76. The van der Waals surface area contributed by atoms with Crippen LogP contribution in [0.1, 0.15) is 40.0 Å². The molecule has 1 aliphatic rings. The van der Waals surface area contributed by atoms with E-state index in [9.17, 15) is 9.59 Å². The number of carbonyl (C=O) groups is 2. The minimum atomic E-state index is -0.0825. The van der Waals surface area contributed by atoms with Crippen molar-refractivity contribution in [2.45, 2.75) is 25.3 Å². The van der Waals surface area contributed by atoms with Gasteiger partial charge in [0.2, 0.25) is 0 Å². The van der Waals surface area contributed by atoms with E-state index in [0.29, 0.717) is 29.3 Å². The number of ether oxygens (including phenoxy) is 1. The minimum absolute atomic E-state index is 0.0696. The molecule has 0 atom stereocenters. The number of carbonyl (C=O) groups excluding carboxylic acids is 2. The van der Waals surface area contributed by atoms with E-state index in [1.807, 2.05) is 24.3 Å². The van der Waals surface area contributed by atoms with Gasteiger partial charge in [-0.3, -0.25) is 9.59 Å². The zero-order chi connectivity index (χ0) is 21.3. The molecule has 2 aromatic carbocycles. The summed E-state index contributed by atoms with van der Waals surface area (Å²) in [6, 6.07) is 14.7. The number of benzene rings is 2. The van der Waals surface area contributed by atoms with Crippen LogP contribution in [0.4, 0.5) is 5.69 Å². The predicted octanol–water partition coefficient (Wildman–Crippen LogP) is 3.51. The number of amides is 2. The quantitative estimate of drug-likeness (QED) is 0.630. The van der Waals surface area contributed by atoms with E-state index in [1.165, 1.54) is 0 Å². The van der Waals surface area contributed by atoms with Gasteiger partial charge in [-0.2, -0.15) is 0 Å². The minimum Gasteiger partial charge on any atom is -0.385 e. The third kappa shape index (κ3) is 5.97. The van der Waals surface area contributed by atoms with Crippen molar-refractivity contribution in [3.05, 3.63) is 64.7 Å².